The van der Waals surface area contributed by atoms with Crippen LogP contribution < -0.4 is 10.6 Å². The summed E-state index contributed by atoms with van der Waals surface area (Å²) in [4.78, 5) is 34.1. The number of rotatable bonds is 11. The average molecular weight is 435 g/mol. The van der Waals surface area contributed by atoms with Gasteiger partial charge in [-0.3, -0.25) is 19.6 Å². The first kappa shape index (κ1) is 25.0. The summed E-state index contributed by atoms with van der Waals surface area (Å²) in [6.45, 7) is 8.53. The van der Waals surface area contributed by atoms with Crippen LogP contribution in [0.5, 0.6) is 0 Å². The molecule has 0 aliphatic heterocycles. The van der Waals surface area contributed by atoms with E-state index in [9.17, 15) is 9.59 Å². The normalized spacial score (nSPS) is 13.6. The van der Waals surface area contributed by atoms with Gasteiger partial charge in [0.05, 0.1) is 0 Å². The van der Waals surface area contributed by atoms with Gasteiger partial charge in [0.15, 0.2) is 0 Å². The van der Waals surface area contributed by atoms with Gasteiger partial charge in [-0.25, -0.2) is 0 Å². The van der Waals surface area contributed by atoms with Crippen LogP contribution in [0.2, 0.25) is 0 Å². The van der Waals surface area contributed by atoms with Crippen LogP contribution >= 0.6 is 0 Å². The van der Waals surface area contributed by atoms with Crippen LogP contribution in [0.1, 0.15) is 38.8 Å². The van der Waals surface area contributed by atoms with E-state index < -0.39 is 12.1 Å². The summed E-state index contributed by atoms with van der Waals surface area (Å²) in [6, 6.07) is 18.4. The Morgan fingerprint density at radius 2 is 1.03 bits per heavy atom. The van der Waals surface area contributed by atoms with Crippen molar-refractivity contribution in [2.75, 3.05) is 13.1 Å². The van der Waals surface area contributed by atoms with Gasteiger partial charge >= 0.3 is 0 Å². The minimum absolute atomic E-state index is 0.0576. The summed E-state index contributed by atoms with van der Waals surface area (Å²) in [5.41, 5.74) is 1.91. The van der Waals surface area contributed by atoms with Crippen molar-refractivity contribution >= 4 is 24.2 Å². The minimum atomic E-state index is -0.482. The summed E-state index contributed by atoms with van der Waals surface area (Å²) >= 11 is 0. The molecule has 2 aromatic carbocycles. The third-order valence-electron chi connectivity index (χ3n) is 4.89. The third kappa shape index (κ3) is 8.46. The summed E-state index contributed by atoms with van der Waals surface area (Å²) in [7, 11) is 0. The van der Waals surface area contributed by atoms with Gasteiger partial charge in [-0.05, 0) is 23.0 Å². The molecule has 0 aliphatic rings. The van der Waals surface area contributed by atoms with Gasteiger partial charge < -0.3 is 10.6 Å². The lowest BCUT2D eigenvalue weighted by Gasteiger charge is -2.18. The monoisotopic (exact) mass is 434 g/mol. The lowest BCUT2D eigenvalue weighted by Crippen LogP contribution is -2.43. The highest BCUT2D eigenvalue weighted by Gasteiger charge is 2.22. The van der Waals surface area contributed by atoms with Crippen molar-refractivity contribution in [1.82, 2.24) is 10.6 Å². The van der Waals surface area contributed by atoms with Gasteiger partial charge in [0.1, 0.15) is 12.1 Å². The molecule has 0 aromatic heterocycles. The molecule has 2 amide bonds. The number of nitrogens with one attached hydrogen (secondary N) is 2. The Hall–Kier alpha value is -3.28. The molecule has 2 N–H and O–H groups in total. The zero-order valence-corrected chi connectivity index (χ0v) is 19.4. The van der Waals surface area contributed by atoms with Crippen LogP contribution in [-0.4, -0.2) is 49.4 Å². The maximum Gasteiger partial charge on any atom is 0.245 e. The number of carbonyl (C=O) groups is 2. The van der Waals surface area contributed by atoms with Crippen molar-refractivity contribution in [2.45, 2.75) is 39.8 Å². The summed E-state index contributed by atoms with van der Waals surface area (Å²) in [6.07, 6.45) is 3.45. The molecule has 0 heterocycles. The second kappa shape index (κ2) is 13.2. The zero-order valence-electron chi connectivity index (χ0n) is 19.4. The standard InChI is InChI=1S/C26H34N4O2/c1-19(2)23(29-17-21-11-7-5-8-12-21)25(31)27-15-16-28-26(32)24(20(3)4)30-18-22-13-9-6-10-14-22/h5-14,17-20,23-24H,15-16H2,1-4H3,(H,27,31)(H,28,32)/t23-,24-/m0/s1. The number of hydrogen-bond donors (Lipinski definition) is 2. The quantitative estimate of drug-likeness (QED) is 0.419. The van der Waals surface area contributed by atoms with E-state index >= 15 is 0 Å². The van der Waals surface area contributed by atoms with E-state index in [2.05, 4.69) is 20.6 Å². The number of amides is 2. The van der Waals surface area contributed by atoms with Gasteiger partial charge in [0.2, 0.25) is 11.8 Å². The first-order valence-corrected chi connectivity index (χ1v) is 11.1. The van der Waals surface area contributed by atoms with Crippen molar-refractivity contribution in [3.8, 4) is 0 Å². The molecule has 32 heavy (non-hydrogen) atoms. The van der Waals surface area contributed by atoms with E-state index in [-0.39, 0.29) is 23.7 Å². The fraction of sp³-hybridized carbons (Fsp3) is 0.385. The molecule has 2 rings (SSSR count). The number of benzene rings is 2. The Bertz CT molecular complexity index is 817. The van der Waals surface area contributed by atoms with E-state index in [0.29, 0.717) is 13.1 Å². The number of carbonyl (C=O) groups excluding carboxylic acids is 2. The van der Waals surface area contributed by atoms with Crippen molar-refractivity contribution in [3.63, 3.8) is 0 Å². The molecule has 0 fully saturated rings. The predicted molar refractivity (Wildman–Crippen MR) is 131 cm³/mol. The smallest absolute Gasteiger partial charge is 0.245 e. The molecule has 0 radical (unpaired) electrons. The van der Waals surface area contributed by atoms with E-state index in [4.69, 9.17) is 0 Å². The first-order chi connectivity index (χ1) is 15.4. The Morgan fingerprint density at radius 1 is 0.688 bits per heavy atom. The zero-order chi connectivity index (χ0) is 23.3. The molecule has 6 heteroatoms. The molecule has 170 valence electrons. The maximum absolute atomic E-state index is 12.6. The molecule has 0 unspecified atom stereocenters. The molecule has 0 bridgehead atoms. The van der Waals surface area contributed by atoms with E-state index in [1.807, 2.05) is 88.4 Å². The highest BCUT2D eigenvalue weighted by atomic mass is 16.2. The van der Waals surface area contributed by atoms with E-state index in [0.717, 1.165) is 11.1 Å². The summed E-state index contributed by atoms with van der Waals surface area (Å²) < 4.78 is 0. The molecule has 2 atom stereocenters. The number of aliphatic imine (C=N–C) groups is 2. The van der Waals surface area contributed by atoms with Crippen LogP contribution in [0.4, 0.5) is 0 Å². The molecule has 0 spiro atoms. The average Bonchev–Trinajstić information content (AvgIpc) is 2.78. The minimum Gasteiger partial charge on any atom is -0.352 e. The number of hydrogen-bond acceptors (Lipinski definition) is 4. The lowest BCUT2D eigenvalue weighted by atomic mass is 10.0. The Balaban J connectivity index is 1.84. The van der Waals surface area contributed by atoms with Gasteiger partial charge in [-0.1, -0.05) is 88.4 Å². The van der Waals surface area contributed by atoms with Crippen LogP contribution in [0.3, 0.4) is 0 Å². The van der Waals surface area contributed by atoms with E-state index in [1.165, 1.54) is 0 Å². The second-order valence-corrected chi connectivity index (χ2v) is 8.34. The molecule has 0 saturated carbocycles. The first-order valence-electron chi connectivity index (χ1n) is 11.1. The van der Waals surface area contributed by atoms with Crippen LogP contribution in [0.15, 0.2) is 70.6 Å². The third-order valence-corrected chi connectivity index (χ3v) is 4.89. The second-order valence-electron chi connectivity index (χ2n) is 8.34. The van der Waals surface area contributed by atoms with E-state index in [1.54, 1.807) is 12.4 Å². The van der Waals surface area contributed by atoms with Crippen LogP contribution in [0.25, 0.3) is 0 Å². The van der Waals surface area contributed by atoms with Gasteiger partial charge in [0.25, 0.3) is 0 Å². The fourth-order valence-corrected chi connectivity index (χ4v) is 3.08. The molecule has 6 nitrogen and oxygen atoms in total. The van der Waals surface area contributed by atoms with Crippen molar-refractivity contribution in [3.05, 3.63) is 71.8 Å². The number of nitrogens with zero attached hydrogens (tertiary/aromatic N) is 2. The molecule has 0 aliphatic carbocycles. The Morgan fingerprint density at radius 3 is 1.34 bits per heavy atom. The van der Waals surface area contributed by atoms with Crippen molar-refractivity contribution in [1.29, 1.82) is 0 Å². The lowest BCUT2D eigenvalue weighted by molar-refractivity contribution is -0.124. The largest absolute Gasteiger partial charge is 0.352 e. The molecule has 0 saturated heterocycles. The summed E-state index contributed by atoms with van der Waals surface area (Å²) in [5, 5.41) is 5.75. The van der Waals surface area contributed by atoms with Crippen LogP contribution in [-0.2, 0) is 9.59 Å². The van der Waals surface area contributed by atoms with Crippen molar-refractivity contribution < 1.29 is 9.59 Å². The summed E-state index contributed by atoms with van der Waals surface area (Å²) in [5.74, 6) is -0.183. The van der Waals surface area contributed by atoms with Gasteiger partial charge in [-0.2, -0.15) is 0 Å². The topological polar surface area (TPSA) is 82.9 Å². The van der Waals surface area contributed by atoms with Crippen LogP contribution in [0, 0.1) is 11.8 Å². The Labute approximate surface area is 191 Å². The molecular formula is C26H34N4O2. The van der Waals surface area contributed by atoms with Crippen molar-refractivity contribution in [2.24, 2.45) is 21.8 Å². The molecule has 2 aromatic rings. The van der Waals surface area contributed by atoms with Gasteiger partial charge in [0, 0.05) is 25.5 Å². The highest BCUT2D eigenvalue weighted by Crippen LogP contribution is 2.08. The fourth-order valence-electron chi connectivity index (χ4n) is 3.08. The maximum atomic E-state index is 12.6. The van der Waals surface area contributed by atoms with Gasteiger partial charge in [-0.15, -0.1) is 0 Å². The Kier molecular flexibility index (Phi) is 10.3. The predicted octanol–water partition coefficient (Wildman–Crippen LogP) is 3.51. The molecular weight excluding hydrogens is 400 g/mol. The SMILES string of the molecule is CC(C)[C@H](N=Cc1ccccc1)C(=O)NCCNC(=O)[C@@H](N=Cc1ccccc1)C(C)C. The highest BCUT2D eigenvalue weighted by molar-refractivity contribution is 5.88.